The van der Waals surface area contributed by atoms with Crippen LogP contribution in [0, 0.1) is 23.7 Å². The molecule has 1 heterocycles. The highest BCUT2D eigenvalue weighted by molar-refractivity contribution is 6.21. The second kappa shape index (κ2) is 11.1. The molecule has 8 aromatic carbocycles. The predicted octanol–water partition coefficient (Wildman–Crippen LogP) is 14.1. The van der Waals surface area contributed by atoms with Crippen LogP contribution in [0.4, 0.5) is 0 Å². The van der Waals surface area contributed by atoms with E-state index in [1.165, 1.54) is 115 Å². The molecule has 9 aromatic rings. The third-order valence-corrected chi connectivity index (χ3v) is 14.8. The molecule has 0 saturated heterocycles. The number of benzene rings is 8. The van der Waals surface area contributed by atoms with Gasteiger partial charge in [0, 0.05) is 21.9 Å². The first kappa shape index (κ1) is 30.4. The zero-order valence-corrected chi connectivity index (χ0v) is 30.9. The smallest absolute Gasteiger partial charge is 0.0541 e. The normalized spacial score (nSPS) is 23.3. The van der Waals surface area contributed by atoms with E-state index < -0.39 is 0 Å². The van der Waals surface area contributed by atoms with Crippen LogP contribution in [0.15, 0.2) is 164 Å². The number of aromatic nitrogens is 1. The molecule has 262 valence electrons. The SMILES string of the molecule is c1ccc2c(c1)-c1cc(-c3c4ccccc4c(-c4ccc(-n5c6ccccc6c6ccccc65)cc4)c4ccccc34)ccc1C21C2CC3CC(C2)CC1C3. The fourth-order valence-electron chi connectivity index (χ4n) is 13.0. The fourth-order valence-corrected chi connectivity index (χ4v) is 13.0. The highest BCUT2D eigenvalue weighted by atomic mass is 15.0. The van der Waals surface area contributed by atoms with Gasteiger partial charge in [0.15, 0.2) is 0 Å². The van der Waals surface area contributed by atoms with Gasteiger partial charge in [0.25, 0.3) is 0 Å². The zero-order valence-electron chi connectivity index (χ0n) is 30.9. The summed E-state index contributed by atoms with van der Waals surface area (Å²) in [7, 11) is 0. The number of para-hydroxylation sites is 2. The molecule has 1 nitrogen and oxygen atoms in total. The average Bonchev–Trinajstić information content (AvgIpc) is 3.72. The van der Waals surface area contributed by atoms with Crippen LogP contribution in [0.5, 0.6) is 0 Å². The summed E-state index contributed by atoms with van der Waals surface area (Å²) >= 11 is 0. The number of hydrogen-bond donors (Lipinski definition) is 0. The van der Waals surface area contributed by atoms with Gasteiger partial charge in [-0.15, -0.1) is 0 Å². The van der Waals surface area contributed by atoms with Crippen LogP contribution in [0.25, 0.3) is 82.4 Å². The summed E-state index contributed by atoms with van der Waals surface area (Å²) < 4.78 is 2.41. The van der Waals surface area contributed by atoms with Crippen molar-refractivity contribution in [2.45, 2.75) is 37.5 Å². The Morgan fingerprint density at radius 1 is 0.382 bits per heavy atom. The minimum Gasteiger partial charge on any atom is -0.309 e. The van der Waals surface area contributed by atoms with Gasteiger partial charge in [-0.05, 0) is 152 Å². The maximum absolute atomic E-state index is 2.59. The Hall–Kier alpha value is -5.92. The lowest BCUT2D eigenvalue weighted by Crippen LogP contribution is -2.55. The van der Waals surface area contributed by atoms with Gasteiger partial charge in [-0.25, -0.2) is 0 Å². The minimum absolute atomic E-state index is 0.192. The summed E-state index contributed by atoms with van der Waals surface area (Å²) in [5.41, 5.74) is 15.3. The number of rotatable bonds is 3. The molecule has 1 spiro atoms. The van der Waals surface area contributed by atoms with E-state index in [9.17, 15) is 0 Å². The highest BCUT2D eigenvalue weighted by Crippen LogP contribution is 2.69. The molecule has 0 unspecified atom stereocenters. The van der Waals surface area contributed by atoms with E-state index in [2.05, 4.69) is 168 Å². The van der Waals surface area contributed by atoms with Crippen molar-refractivity contribution in [2.24, 2.45) is 23.7 Å². The number of nitrogens with zero attached hydrogens (tertiary/aromatic N) is 1. The molecule has 4 saturated carbocycles. The molecule has 5 aliphatic carbocycles. The zero-order chi connectivity index (χ0) is 35.8. The second-order valence-electron chi connectivity index (χ2n) is 17.2. The van der Waals surface area contributed by atoms with Crippen molar-refractivity contribution in [1.29, 1.82) is 0 Å². The summed E-state index contributed by atoms with van der Waals surface area (Å²) in [5.74, 6) is 3.45. The largest absolute Gasteiger partial charge is 0.309 e. The molecular weight excluding hydrogens is 663 g/mol. The first-order chi connectivity index (χ1) is 27.3. The van der Waals surface area contributed by atoms with E-state index in [0.29, 0.717) is 0 Å². The third kappa shape index (κ3) is 3.98. The van der Waals surface area contributed by atoms with Crippen molar-refractivity contribution in [3.8, 4) is 39.1 Å². The molecule has 0 N–H and O–H groups in total. The molecule has 1 aromatic heterocycles. The van der Waals surface area contributed by atoms with Gasteiger partial charge in [-0.1, -0.05) is 133 Å². The summed E-state index contributed by atoms with van der Waals surface area (Å²) in [5, 5.41) is 7.82. The predicted molar refractivity (Wildman–Crippen MR) is 230 cm³/mol. The first-order valence-electron chi connectivity index (χ1n) is 20.5. The van der Waals surface area contributed by atoms with Gasteiger partial charge in [0.1, 0.15) is 0 Å². The Bertz CT molecular complexity index is 2910. The van der Waals surface area contributed by atoms with Gasteiger partial charge >= 0.3 is 0 Å². The van der Waals surface area contributed by atoms with Crippen molar-refractivity contribution < 1.29 is 0 Å². The lowest BCUT2D eigenvalue weighted by Gasteiger charge is -2.61. The summed E-state index contributed by atoms with van der Waals surface area (Å²) in [4.78, 5) is 0. The van der Waals surface area contributed by atoms with E-state index in [1.54, 1.807) is 11.1 Å². The maximum atomic E-state index is 2.59. The Labute approximate surface area is 321 Å². The van der Waals surface area contributed by atoms with Gasteiger partial charge < -0.3 is 4.57 Å². The van der Waals surface area contributed by atoms with E-state index in [-0.39, 0.29) is 5.41 Å². The van der Waals surface area contributed by atoms with E-state index in [0.717, 1.165) is 23.7 Å². The first-order valence-corrected chi connectivity index (χ1v) is 20.5. The number of hydrogen-bond acceptors (Lipinski definition) is 0. The topological polar surface area (TPSA) is 4.93 Å². The Balaban J connectivity index is 0.995. The molecule has 5 aliphatic rings. The van der Waals surface area contributed by atoms with Crippen molar-refractivity contribution in [3.05, 3.63) is 175 Å². The third-order valence-electron chi connectivity index (χ3n) is 14.8. The monoisotopic (exact) mass is 703 g/mol. The fraction of sp³-hybridized carbons (Fsp3) is 0.185. The molecule has 0 radical (unpaired) electrons. The van der Waals surface area contributed by atoms with Crippen LogP contribution >= 0.6 is 0 Å². The van der Waals surface area contributed by atoms with Crippen molar-refractivity contribution in [1.82, 2.24) is 4.57 Å². The number of fused-ring (bicyclic) bond motifs is 8. The quantitative estimate of drug-likeness (QED) is 0.161. The lowest BCUT2D eigenvalue weighted by atomic mass is 9.43. The Morgan fingerprint density at radius 3 is 1.42 bits per heavy atom. The minimum atomic E-state index is 0.192. The van der Waals surface area contributed by atoms with Crippen LogP contribution < -0.4 is 0 Å². The molecular formula is C54H41N. The van der Waals surface area contributed by atoms with E-state index in [1.807, 2.05) is 0 Å². The maximum Gasteiger partial charge on any atom is 0.0541 e. The molecule has 0 atom stereocenters. The standard InChI is InChI=1S/C54H41N/c1-3-16-45-43(14-1)52(35-21-24-39(25-22-35)55-50-19-9-6-12-41(50)42-13-7-10-20-51(42)55)44-15-2-4-17-46(44)53(45)36-23-26-49-47(32-36)40-11-5-8-18-48(40)54(49)37-28-33-27-34(30-37)31-38(54)29-33/h1-26,32-34,37-38H,27-31H2. The van der Waals surface area contributed by atoms with Crippen molar-refractivity contribution in [2.75, 3.05) is 0 Å². The Kier molecular flexibility index (Phi) is 6.13. The van der Waals surface area contributed by atoms with Crippen LogP contribution in [0.2, 0.25) is 0 Å². The van der Waals surface area contributed by atoms with Gasteiger partial charge in [0.2, 0.25) is 0 Å². The van der Waals surface area contributed by atoms with Crippen molar-refractivity contribution in [3.63, 3.8) is 0 Å². The van der Waals surface area contributed by atoms with Crippen LogP contribution in [0.1, 0.15) is 43.2 Å². The molecule has 55 heavy (non-hydrogen) atoms. The van der Waals surface area contributed by atoms with Gasteiger partial charge in [0.05, 0.1) is 11.0 Å². The second-order valence-corrected chi connectivity index (χ2v) is 17.2. The van der Waals surface area contributed by atoms with E-state index in [4.69, 9.17) is 0 Å². The average molecular weight is 704 g/mol. The molecule has 4 fully saturated rings. The highest BCUT2D eigenvalue weighted by Gasteiger charge is 2.61. The molecule has 0 amide bonds. The molecule has 1 heteroatoms. The van der Waals surface area contributed by atoms with Crippen LogP contribution in [0.3, 0.4) is 0 Å². The van der Waals surface area contributed by atoms with E-state index >= 15 is 0 Å². The Morgan fingerprint density at radius 2 is 0.836 bits per heavy atom. The van der Waals surface area contributed by atoms with Gasteiger partial charge in [-0.3, -0.25) is 0 Å². The summed E-state index contributed by atoms with van der Waals surface area (Å²) in [6.45, 7) is 0. The molecule has 0 aliphatic heterocycles. The lowest BCUT2D eigenvalue weighted by molar-refractivity contribution is -0.0399. The van der Waals surface area contributed by atoms with Crippen molar-refractivity contribution >= 4 is 43.4 Å². The van der Waals surface area contributed by atoms with Crippen LogP contribution in [-0.4, -0.2) is 4.57 Å². The molecule has 14 rings (SSSR count). The summed E-state index contributed by atoms with van der Waals surface area (Å²) in [6, 6.07) is 62.3. The molecule has 4 bridgehead atoms. The van der Waals surface area contributed by atoms with Gasteiger partial charge in [-0.2, -0.15) is 0 Å². The summed E-state index contributed by atoms with van der Waals surface area (Å²) in [6.07, 6.45) is 7.15. The van der Waals surface area contributed by atoms with Crippen LogP contribution in [-0.2, 0) is 5.41 Å².